The van der Waals surface area contributed by atoms with Gasteiger partial charge >= 0.3 is 0 Å². The maximum Gasteiger partial charge on any atom is 0.249 e. The Bertz CT molecular complexity index is 1040. The van der Waals surface area contributed by atoms with E-state index in [4.69, 9.17) is 4.52 Å². The van der Waals surface area contributed by atoms with Crippen molar-refractivity contribution in [2.45, 2.75) is 51.6 Å². The SMILES string of the molecule is C=CCN(C(=O)/C=C/C(=O)Nc1cc(C)on1)C(C(=O)NC1CCCC1)c1ccccc1C. The molecular weight excluding hydrogens is 420 g/mol. The quantitative estimate of drug-likeness (QED) is 0.449. The Morgan fingerprint density at radius 1 is 1.21 bits per heavy atom. The lowest BCUT2D eigenvalue weighted by molar-refractivity contribution is -0.137. The van der Waals surface area contributed by atoms with Crippen molar-refractivity contribution in [3.63, 3.8) is 0 Å². The summed E-state index contributed by atoms with van der Waals surface area (Å²) in [5, 5.41) is 9.33. The Labute approximate surface area is 193 Å². The molecular formula is C25H30N4O4. The molecule has 0 saturated heterocycles. The van der Waals surface area contributed by atoms with Gasteiger partial charge in [-0.25, -0.2) is 0 Å². The van der Waals surface area contributed by atoms with Crippen molar-refractivity contribution in [2.75, 3.05) is 11.9 Å². The van der Waals surface area contributed by atoms with Gasteiger partial charge in [0, 0.05) is 30.8 Å². The molecule has 1 aromatic heterocycles. The number of anilines is 1. The molecule has 3 rings (SSSR count). The van der Waals surface area contributed by atoms with Crippen molar-refractivity contribution in [1.29, 1.82) is 0 Å². The van der Waals surface area contributed by atoms with Gasteiger partial charge in [-0.3, -0.25) is 14.4 Å². The van der Waals surface area contributed by atoms with E-state index in [-0.39, 0.29) is 24.3 Å². The number of nitrogens with one attached hydrogen (secondary N) is 2. The van der Waals surface area contributed by atoms with Crippen molar-refractivity contribution < 1.29 is 18.9 Å². The van der Waals surface area contributed by atoms with Crippen LogP contribution in [-0.2, 0) is 14.4 Å². The second-order valence-electron chi connectivity index (χ2n) is 8.17. The number of amides is 3. The number of rotatable bonds is 9. The van der Waals surface area contributed by atoms with Crippen LogP contribution in [0.1, 0.15) is 48.6 Å². The molecule has 1 heterocycles. The minimum absolute atomic E-state index is 0.108. The van der Waals surface area contributed by atoms with Gasteiger partial charge in [0.15, 0.2) is 5.82 Å². The van der Waals surface area contributed by atoms with Crippen LogP contribution >= 0.6 is 0 Å². The van der Waals surface area contributed by atoms with Gasteiger partial charge in [-0.05, 0) is 37.8 Å². The molecule has 0 aliphatic heterocycles. The highest BCUT2D eigenvalue weighted by atomic mass is 16.5. The number of benzene rings is 1. The van der Waals surface area contributed by atoms with Crippen LogP contribution < -0.4 is 10.6 Å². The minimum Gasteiger partial charge on any atom is -0.360 e. The maximum absolute atomic E-state index is 13.4. The van der Waals surface area contributed by atoms with Crippen LogP contribution in [0.5, 0.6) is 0 Å². The average molecular weight is 451 g/mol. The van der Waals surface area contributed by atoms with E-state index in [1.165, 1.54) is 4.90 Å². The first-order valence-electron chi connectivity index (χ1n) is 11.1. The molecule has 1 atom stereocenters. The molecule has 1 saturated carbocycles. The zero-order valence-corrected chi connectivity index (χ0v) is 19.0. The van der Waals surface area contributed by atoms with Gasteiger partial charge in [0.05, 0.1) is 0 Å². The number of aryl methyl sites for hydroxylation is 2. The second-order valence-corrected chi connectivity index (χ2v) is 8.17. The molecule has 8 nitrogen and oxygen atoms in total. The largest absolute Gasteiger partial charge is 0.360 e. The number of hydrogen-bond acceptors (Lipinski definition) is 5. The summed E-state index contributed by atoms with van der Waals surface area (Å²) in [6.07, 6.45) is 7.87. The molecule has 8 heteroatoms. The Morgan fingerprint density at radius 3 is 2.58 bits per heavy atom. The fourth-order valence-corrected chi connectivity index (χ4v) is 3.99. The van der Waals surface area contributed by atoms with Gasteiger partial charge in [-0.1, -0.05) is 48.3 Å². The lowest BCUT2D eigenvalue weighted by atomic mass is 9.98. The Morgan fingerprint density at radius 2 is 1.94 bits per heavy atom. The molecule has 1 aliphatic rings. The van der Waals surface area contributed by atoms with E-state index in [0.29, 0.717) is 5.76 Å². The standard InChI is InChI=1S/C25H30N4O4/c1-4-15-29(23(31)14-13-22(30)27-21-16-18(3)33-28-21)24(20-12-8-5-9-17(20)2)25(32)26-19-10-6-7-11-19/h4-5,8-9,12-14,16,19,24H,1,6-7,10-11,15H2,2-3H3,(H,26,32)(H,27,28,30)/b14-13+. The summed E-state index contributed by atoms with van der Waals surface area (Å²) in [4.78, 5) is 40.2. The highest BCUT2D eigenvalue weighted by molar-refractivity contribution is 6.03. The van der Waals surface area contributed by atoms with E-state index in [1.54, 1.807) is 19.1 Å². The second kappa shape index (κ2) is 11.3. The number of hydrogen-bond donors (Lipinski definition) is 2. The van der Waals surface area contributed by atoms with Gasteiger partial charge in [0.25, 0.3) is 0 Å². The molecule has 0 bridgehead atoms. The van der Waals surface area contributed by atoms with Crippen LogP contribution in [0.15, 0.2) is 59.7 Å². The highest BCUT2D eigenvalue weighted by Crippen LogP contribution is 2.26. The van der Waals surface area contributed by atoms with Crippen molar-refractivity contribution in [3.05, 3.63) is 72.0 Å². The third-order valence-corrected chi connectivity index (χ3v) is 5.61. The summed E-state index contributed by atoms with van der Waals surface area (Å²) >= 11 is 0. The number of nitrogens with zero attached hydrogens (tertiary/aromatic N) is 2. The summed E-state index contributed by atoms with van der Waals surface area (Å²) in [6.45, 7) is 7.51. The van der Waals surface area contributed by atoms with Crippen LogP contribution in [0.4, 0.5) is 5.82 Å². The molecule has 174 valence electrons. The predicted octanol–water partition coefficient (Wildman–Crippen LogP) is 3.60. The third kappa shape index (κ3) is 6.41. The van der Waals surface area contributed by atoms with E-state index in [9.17, 15) is 14.4 Å². The third-order valence-electron chi connectivity index (χ3n) is 5.61. The van der Waals surface area contributed by atoms with Crippen LogP contribution in [0.25, 0.3) is 0 Å². The fourth-order valence-electron chi connectivity index (χ4n) is 3.99. The number of carbonyl (C=O) groups is 3. The summed E-state index contributed by atoms with van der Waals surface area (Å²) in [5.74, 6) is -0.431. The van der Waals surface area contributed by atoms with Crippen molar-refractivity contribution in [1.82, 2.24) is 15.4 Å². The average Bonchev–Trinajstić information content (AvgIpc) is 3.44. The summed E-state index contributed by atoms with van der Waals surface area (Å²) in [5.41, 5.74) is 1.63. The van der Waals surface area contributed by atoms with Crippen LogP contribution in [0, 0.1) is 13.8 Å². The van der Waals surface area contributed by atoms with Crippen LogP contribution in [-0.4, -0.2) is 40.4 Å². The van der Waals surface area contributed by atoms with Crippen LogP contribution in [0.2, 0.25) is 0 Å². The molecule has 2 N–H and O–H groups in total. The zero-order valence-electron chi connectivity index (χ0n) is 19.0. The molecule has 1 aliphatic carbocycles. The summed E-state index contributed by atoms with van der Waals surface area (Å²) in [7, 11) is 0. The topological polar surface area (TPSA) is 105 Å². The number of carbonyl (C=O) groups excluding carboxylic acids is 3. The minimum atomic E-state index is -0.844. The molecule has 0 radical (unpaired) electrons. The normalized spacial score (nSPS) is 14.7. The number of aromatic nitrogens is 1. The lowest BCUT2D eigenvalue weighted by Crippen LogP contribution is -2.46. The maximum atomic E-state index is 13.4. The lowest BCUT2D eigenvalue weighted by Gasteiger charge is -2.31. The Kier molecular flexibility index (Phi) is 8.18. The van der Waals surface area contributed by atoms with E-state index < -0.39 is 17.9 Å². The fraction of sp³-hybridized carbons (Fsp3) is 0.360. The first kappa shape index (κ1) is 24.0. The van der Waals surface area contributed by atoms with Crippen molar-refractivity contribution in [2.24, 2.45) is 0 Å². The van der Waals surface area contributed by atoms with Gasteiger partial charge in [-0.2, -0.15) is 0 Å². The summed E-state index contributed by atoms with van der Waals surface area (Å²) in [6, 6.07) is 8.32. The van der Waals surface area contributed by atoms with E-state index in [0.717, 1.165) is 49.0 Å². The smallest absolute Gasteiger partial charge is 0.249 e. The van der Waals surface area contributed by atoms with E-state index in [2.05, 4.69) is 22.4 Å². The van der Waals surface area contributed by atoms with Gasteiger partial charge in [0.1, 0.15) is 11.8 Å². The molecule has 3 amide bonds. The highest BCUT2D eigenvalue weighted by Gasteiger charge is 2.32. The first-order chi connectivity index (χ1) is 15.9. The van der Waals surface area contributed by atoms with Crippen molar-refractivity contribution in [3.8, 4) is 0 Å². The molecule has 1 unspecified atom stereocenters. The molecule has 1 fully saturated rings. The van der Waals surface area contributed by atoms with Crippen LogP contribution in [0.3, 0.4) is 0 Å². The van der Waals surface area contributed by atoms with E-state index in [1.807, 2.05) is 31.2 Å². The van der Waals surface area contributed by atoms with Gasteiger partial charge < -0.3 is 20.1 Å². The molecule has 33 heavy (non-hydrogen) atoms. The predicted molar refractivity (Wildman–Crippen MR) is 125 cm³/mol. The molecule has 0 spiro atoms. The Hall–Kier alpha value is -3.68. The molecule has 1 aromatic carbocycles. The summed E-state index contributed by atoms with van der Waals surface area (Å²) < 4.78 is 4.91. The monoisotopic (exact) mass is 450 g/mol. The first-order valence-corrected chi connectivity index (χ1v) is 11.1. The Balaban J connectivity index is 1.83. The van der Waals surface area contributed by atoms with E-state index >= 15 is 0 Å². The van der Waals surface area contributed by atoms with Crippen molar-refractivity contribution >= 4 is 23.5 Å². The van der Waals surface area contributed by atoms with Gasteiger partial charge in [0.2, 0.25) is 17.7 Å². The van der Waals surface area contributed by atoms with Gasteiger partial charge in [-0.15, -0.1) is 6.58 Å². The zero-order chi connectivity index (χ0) is 23.8. The molecule has 2 aromatic rings.